The molecule has 0 bridgehead atoms. The molecule has 1 heterocycles. The zero-order chi connectivity index (χ0) is 20.6. The second-order valence-electron chi connectivity index (χ2n) is 6.93. The number of carbonyl (C=O) groups excluding carboxylic acids is 2. The maximum absolute atomic E-state index is 12.1. The van der Waals surface area contributed by atoms with Crippen molar-refractivity contribution in [3.63, 3.8) is 0 Å². The van der Waals surface area contributed by atoms with Gasteiger partial charge in [-0.05, 0) is 54.8 Å². The number of methoxy groups -OCH3 is 2. The minimum atomic E-state index is -0.344. The van der Waals surface area contributed by atoms with Crippen LogP contribution < -0.4 is 25.0 Å². The molecule has 2 N–H and O–H groups in total. The number of rotatable bonds is 8. The van der Waals surface area contributed by atoms with Crippen molar-refractivity contribution in [1.82, 2.24) is 5.32 Å². The van der Waals surface area contributed by atoms with Crippen LogP contribution >= 0.6 is 0 Å². The number of hydrogen-bond donors (Lipinski definition) is 2. The Hall–Kier alpha value is -3.22. The average Bonchev–Trinajstić information content (AvgIpc) is 3.27. The van der Waals surface area contributed by atoms with Crippen LogP contribution in [0.5, 0.6) is 11.5 Å². The first kappa shape index (κ1) is 20.5. The third kappa shape index (κ3) is 5.63. The molecule has 0 unspecified atom stereocenters. The Bertz CT molecular complexity index is 846. The largest absolute Gasteiger partial charge is 0.493 e. The third-order valence-corrected chi connectivity index (χ3v) is 4.88. The molecular weight excluding hydrogens is 370 g/mol. The minimum Gasteiger partial charge on any atom is -0.493 e. The van der Waals surface area contributed by atoms with Gasteiger partial charge in [-0.25, -0.2) is 0 Å². The maximum atomic E-state index is 12.1. The maximum Gasteiger partial charge on any atom is 0.233 e. The summed E-state index contributed by atoms with van der Waals surface area (Å²) < 4.78 is 10.4. The molecule has 1 aliphatic heterocycles. The molecule has 2 amide bonds. The van der Waals surface area contributed by atoms with Gasteiger partial charge in [-0.3, -0.25) is 9.59 Å². The summed E-state index contributed by atoms with van der Waals surface area (Å²) in [6, 6.07) is 13.1. The molecule has 1 saturated heterocycles. The van der Waals surface area contributed by atoms with E-state index >= 15 is 0 Å². The van der Waals surface area contributed by atoms with Gasteiger partial charge in [0.2, 0.25) is 11.8 Å². The lowest BCUT2D eigenvalue weighted by Crippen LogP contribution is -2.27. The fourth-order valence-electron chi connectivity index (χ4n) is 3.34. The molecule has 2 aromatic rings. The number of benzene rings is 2. The second-order valence-corrected chi connectivity index (χ2v) is 6.93. The van der Waals surface area contributed by atoms with Crippen LogP contribution in [0.3, 0.4) is 0 Å². The van der Waals surface area contributed by atoms with Crippen molar-refractivity contribution in [2.75, 3.05) is 37.5 Å². The van der Waals surface area contributed by atoms with E-state index in [1.807, 2.05) is 30.3 Å². The van der Waals surface area contributed by atoms with Crippen molar-refractivity contribution in [1.29, 1.82) is 0 Å². The Morgan fingerprint density at radius 2 is 1.62 bits per heavy atom. The van der Waals surface area contributed by atoms with E-state index in [4.69, 9.17) is 9.47 Å². The Morgan fingerprint density at radius 3 is 2.28 bits per heavy atom. The zero-order valence-electron chi connectivity index (χ0n) is 16.9. The number of anilines is 2. The zero-order valence-corrected chi connectivity index (χ0v) is 16.9. The van der Waals surface area contributed by atoms with E-state index in [1.54, 1.807) is 26.4 Å². The van der Waals surface area contributed by atoms with Gasteiger partial charge in [-0.15, -0.1) is 0 Å². The van der Waals surface area contributed by atoms with Gasteiger partial charge in [0.1, 0.15) is 6.42 Å². The van der Waals surface area contributed by atoms with E-state index in [1.165, 1.54) is 12.8 Å². The van der Waals surface area contributed by atoms with Crippen LogP contribution in [-0.4, -0.2) is 39.1 Å². The van der Waals surface area contributed by atoms with Gasteiger partial charge in [0.25, 0.3) is 0 Å². The van der Waals surface area contributed by atoms with Crippen LogP contribution in [0.4, 0.5) is 11.4 Å². The summed E-state index contributed by atoms with van der Waals surface area (Å²) in [5.41, 5.74) is 2.70. The molecule has 2 aromatic carbocycles. The van der Waals surface area contributed by atoms with E-state index in [9.17, 15) is 9.59 Å². The third-order valence-electron chi connectivity index (χ3n) is 4.88. The summed E-state index contributed by atoms with van der Waals surface area (Å²) in [7, 11) is 3.13. The Labute approximate surface area is 171 Å². The van der Waals surface area contributed by atoms with Gasteiger partial charge in [-0.2, -0.15) is 0 Å². The number of nitrogens with one attached hydrogen (secondary N) is 2. The number of carbonyl (C=O) groups is 2. The minimum absolute atomic E-state index is 0.235. The molecule has 0 aliphatic carbocycles. The molecule has 0 atom stereocenters. The van der Waals surface area contributed by atoms with Crippen molar-refractivity contribution < 1.29 is 19.1 Å². The first-order valence-electron chi connectivity index (χ1n) is 9.71. The number of nitrogens with zero attached hydrogens (tertiary/aromatic N) is 1. The first-order chi connectivity index (χ1) is 14.1. The number of hydrogen-bond acceptors (Lipinski definition) is 5. The molecule has 0 aromatic heterocycles. The van der Waals surface area contributed by atoms with E-state index < -0.39 is 0 Å². The normalized spacial score (nSPS) is 13.1. The quantitative estimate of drug-likeness (QED) is 0.670. The first-order valence-corrected chi connectivity index (χ1v) is 9.71. The molecule has 0 spiro atoms. The Kier molecular flexibility index (Phi) is 6.94. The van der Waals surface area contributed by atoms with Gasteiger partial charge in [-0.1, -0.05) is 6.07 Å². The monoisotopic (exact) mass is 397 g/mol. The molecule has 1 aliphatic rings. The topological polar surface area (TPSA) is 79.9 Å². The van der Waals surface area contributed by atoms with Crippen molar-refractivity contribution in [3.8, 4) is 11.5 Å². The van der Waals surface area contributed by atoms with Gasteiger partial charge < -0.3 is 25.0 Å². The summed E-state index contributed by atoms with van der Waals surface area (Å²) >= 11 is 0. The molecule has 154 valence electrons. The van der Waals surface area contributed by atoms with E-state index in [0.29, 0.717) is 23.7 Å². The van der Waals surface area contributed by atoms with Gasteiger partial charge in [0, 0.05) is 31.0 Å². The predicted octanol–water partition coefficient (Wildman–Crippen LogP) is 2.95. The highest BCUT2D eigenvalue weighted by molar-refractivity contribution is 6.03. The predicted molar refractivity (Wildman–Crippen MR) is 113 cm³/mol. The average molecular weight is 397 g/mol. The van der Waals surface area contributed by atoms with Crippen molar-refractivity contribution in [2.24, 2.45) is 0 Å². The fourth-order valence-corrected chi connectivity index (χ4v) is 3.34. The molecule has 7 nitrogen and oxygen atoms in total. The van der Waals surface area contributed by atoms with Crippen LogP contribution in [0.15, 0.2) is 42.5 Å². The van der Waals surface area contributed by atoms with Crippen LogP contribution in [0.25, 0.3) is 0 Å². The lowest BCUT2D eigenvalue weighted by atomic mass is 10.2. The van der Waals surface area contributed by atoms with Crippen LogP contribution in [0, 0.1) is 0 Å². The second kappa shape index (κ2) is 9.82. The van der Waals surface area contributed by atoms with Gasteiger partial charge >= 0.3 is 0 Å². The summed E-state index contributed by atoms with van der Waals surface area (Å²) in [4.78, 5) is 26.6. The SMILES string of the molecule is COc1ccc(CNC(=O)CC(=O)Nc2ccc(N3CCCC3)cc2)cc1OC. The Balaban J connectivity index is 1.46. The summed E-state index contributed by atoms with van der Waals surface area (Å²) in [6.07, 6.45) is 2.20. The van der Waals surface area contributed by atoms with E-state index in [2.05, 4.69) is 15.5 Å². The van der Waals surface area contributed by atoms with Crippen LogP contribution in [0.1, 0.15) is 24.8 Å². The summed E-state index contributed by atoms with van der Waals surface area (Å²) in [6.45, 7) is 2.45. The summed E-state index contributed by atoms with van der Waals surface area (Å²) in [5.74, 6) is 0.529. The molecule has 0 radical (unpaired) electrons. The lowest BCUT2D eigenvalue weighted by molar-refractivity contribution is -0.126. The molecule has 1 fully saturated rings. The molecular formula is C22H27N3O4. The van der Waals surface area contributed by atoms with E-state index in [-0.39, 0.29) is 18.2 Å². The highest BCUT2D eigenvalue weighted by atomic mass is 16.5. The van der Waals surface area contributed by atoms with Crippen molar-refractivity contribution >= 4 is 23.2 Å². The highest BCUT2D eigenvalue weighted by Gasteiger charge is 2.13. The van der Waals surface area contributed by atoms with E-state index in [0.717, 1.165) is 24.3 Å². The molecule has 7 heteroatoms. The molecule has 29 heavy (non-hydrogen) atoms. The van der Waals surface area contributed by atoms with Gasteiger partial charge in [0.05, 0.1) is 14.2 Å². The highest BCUT2D eigenvalue weighted by Crippen LogP contribution is 2.27. The smallest absolute Gasteiger partial charge is 0.233 e. The summed E-state index contributed by atoms with van der Waals surface area (Å²) in [5, 5.41) is 5.52. The van der Waals surface area contributed by atoms with Crippen molar-refractivity contribution in [2.45, 2.75) is 25.8 Å². The molecule has 0 saturated carbocycles. The van der Waals surface area contributed by atoms with Crippen LogP contribution in [-0.2, 0) is 16.1 Å². The number of amides is 2. The van der Waals surface area contributed by atoms with Crippen molar-refractivity contribution in [3.05, 3.63) is 48.0 Å². The van der Waals surface area contributed by atoms with Crippen LogP contribution in [0.2, 0.25) is 0 Å². The standard InChI is InChI=1S/C22H27N3O4/c1-28-19-10-5-16(13-20(19)29-2)15-23-21(26)14-22(27)24-17-6-8-18(9-7-17)25-11-3-4-12-25/h5-10,13H,3-4,11-12,14-15H2,1-2H3,(H,23,26)(H,24,27). The lowest BCUT2D eigenvalue weighted by Gasteiger charge is -2.17. The molecule has 3 rings (SSSR count). The van der Waals surface area contributed by atoms with Gasteiger partial charge in [0.15, 0.2) is 11.5 Å². The number of ether oxygens (including phenoxy) is 2. The fraction of sp³-hybridized carbons (Fsp3) is 0.364. The Morgan fingerprint density at radius 1 is 0.931 bits per heavy atom.